The third-order valence-electron chi connectivity index (χ3n) is 8.25. The van der Waals surface area contributed by atoms with Crippen LogP contribution in [0.1, 0.15) is 103 Å². The van der Waals surface area contributed by atoms with Crippen LogP contribution in [0.2, 0.25) is 0 Å². The van der Waals surface area contributed by atoms with E-state index in [2.05, 4.69) is 16.5 Å². The second-order valence-electron chi connectivity index (χ2n) is 9.76. The van der Waals surface area contributed by atoms with Crippen molar-refractivity contribution < 1.29 is 4.79 Å². The van der Waals surface area contributed by atoms with Crippen molar-refractivity contribution in [3.63, 3.8) is 0 Å². The van der Waals surface area contributed by atoms with E-state index in [1.54, 1.807) is 0 Å². The lowest BCUT2D eigenvalue weighted by molar-refractivity contribution is -0.125. The zero-order valence-electron chi connectivity index (χ0n) is 17.5. The standard InChI is InChI=1S/C23H36N4O/c1-2-20-24-22-26(21(28)17-11-5-3-6-12-17)19-14-8-7-13-18(19)23(27(22)25-20)15-9-4-10-16-23/h17-19H,2-16H2,1H3/t18-,19+/m1/s1. The zero-order valence-corrected chi connectivity index (χ0v) is 17.5. The van der Waals surface area contributed by atoms with Crippen molar-refractivity contribution in [3.8, 4) is 0 Å². The van der Waals surface area contributed by atoms with Gasteiger partial charge in [0.1, 0.15) is 0 Å². The number of aryl methyl sites for hydroxylation is 1. The van der Waals surface area contributed by atoms with E-state index in [-0.39, 0.29) is 11.5 Å². The Morgan fingerprint density at radius 1 is 0.964 bits per heavy atom. The third kappa shape index (κ3) is 2.83. The van der Waals surface area contributed by atoms with Crippen LogP contribution < -0.4 is 4.90 Å². The summed E-state index contributed by atoms with van der Waals surface area (Å²) in [6.45, 7) is 2.13. The third-order valence-corrected chi connectivity index (χ3v) is 8.25. The van der Waals surface area contributed by atoms with Crippen molar-refractivity contribution in [1.82, 2.24) is 14.8 Å². The normalized spacial score (nSPS) is 30.1. The van der Waals surface area contributed by atoms with Crippen LogP contribution in [-0.2, 0) is 16.8 Å². The van der Waals surface area contributed by atoms with Gasteiger partial charge in [0.05, 0.1) is 5.54 Å². The Bertz CT molecular complexity index is 714. The van der Waals surface area contributed by atoms with Crippen LogP contribution in [-0.4, -0.2) is 26.7 Å². The summed E-state index contributed by atoms with van der Waals surface area (Å²) < 4.78 is 2.28. The molecule has 0 radical (unpaired) electrons. The summed E-state index contributed by atoms with van der Waals surface area (Å²) in [5, 5.41) is 5.03. The fourth-order valence-electron chi connectivity index (χ4n) is 6.86. The molecule has 28 heavy (non-hydrogen) atoms. The highest BCUT2D eigenvalue weighted by atomic mass is 16.2. The summed E-state index contributed by atoms with van der Waals surface area (Å²) in [5.74, 6) is 2.94. The molecule has 0 N–H and O–H groups in total. The Morgan fingerprint density at radius 2 is 1.64 bits per heavy atom. The molecule has 1 amide bonds. The molecule has 1 aromatic heterocycles. The first-order valence-corrected chi connectivity index (χ1v) is 12.0. The van der Waals surface area contributed by atoms with E-state index in [1.807, 2.05) is 0 Å². The van der Waals surface area contributed by atoms with Gasteiger partial charge in [-0.1, -0.05) is 58.3 Å². The Morgan fingerprint density at radius 3 is 2.39 bits per heavy atom. The monoisotopic (exact) mass is 384 g/mol. The fraction of sp³-hybridized carbons (Fsp3) is 0.870. The van der Waals surface area contributed by atoms with Crippen LogP contribution in [0.25, 0.3) is 0 Å². The van der Waals surface area contributed by atoms with Crippen molar-refractivity contribution in [3.05, 3.63) is 5.82 Å². The molecule has 5 nitrogen and oxygen atoms in total. The van der Waals surface area contributed by atoms with Crippen molar-refractivity contribution in [2.75, 3.05) is 4.90 Å². The molecule has 4 aliphatic rings. The average molecular weight is 385 g/mol. The highest BCUT2D eigenvalue weighted by molar-refractivity contribution is 5.94. The highest BCUT2D eigenvalue weighted by Gasteiger charge is 2.55. The van der Waals surface area contributed by atoms with E-state index in [4.69, 9.17) is 10.1 Å². The number of nitrogens with zero attached hydrogens (tertiary/aromatic N) is 4. The quantitative estimate of drug-likeness (QED) is 0.722. The SMILES string of the molecule is CCc1nc2n(n1)C1(CCCCC1)[C@@H]1CCCC[C@@H]1N2C(=O)C1CCCCC1. The van der Waals surface area contributed by atoms with Gasteiger partial charge in [0.25, 0.3) is 0 Å². The van der Waals surface area contributed by atoms with E-state index in [9.17, 15) is 4.79 Å². The first-order valence-electron chi connectivity index (χ1n) is 12.0. The number of amides is 1. The topological polar surface area (TPSA) is 51.0 Å². The second kappa shape index (κ2) is 7.46. The molecule has 0 saturated heterocycles. The molecule has 0 bridgehead atoms. The predicted molar refractivity (Wildman–Crippen MR) is 110 cm³/mol. The molecule has 1 aliphatic heterocycles. The number of rotatable bonds is 2. The lowest BCUT2D eigenvalue weighted by atomic mass is 9.64. The van der Waals surface area contributed by atoms with Crippen molar-refractivity contribution in [2.45, 2.75) is 115 Å². The molecular weight excluding hydrogens is 348 g/mol. The summed E-state index contributed by atoms with van der Waals surface area (Å²) in [4.78, 5) is 20.9. The molecule has 3 saturated carbocycles. The molecule has 2 heterocycles. The van der Waals surface area contributed by atoms with Crippen LogP contribution in [0.15, 0.2) is 0 Å². The van der Waals surface area contributed by atoms with Crippen LogP contribution >= 0.6 is 0 Å². The van der Waals surface area contributed by atoms with Crippen molar-refractivity contribution in [2.24, 2.45) is 11.8 Å². The molecule has 3 fully saturated rings. The van der Waals surface area contributed by atoms with Crippen molar-refractivity contribution >= 4 is 11.9 Å². The minimum absolute atomic E-state index is 0.114. The zero-order chi connectivity index (χ0) is 19.1. The maximum absolute atomic E-state index is 13.8. The molecule has 2 atom stereocenters. The Hall–Kier alpha value is -1.39. The minimum Gasteiger partial charge on any atom is -0.277 e. The number of anilines is 1. The van der Waals surface area contributed by atoms with Gasteiger partial charge in [-0.15, -0.1) is 0 Å². The number of fused-ring (bicyclic) bond motifs is 4. The van der Waals surface area contributed by atoms with Gasteiger partial charge >= 0.3 is 0 Å². The van der Waals surface area contributed by atoms with Gasteiger partial charge in [0.15, 0.2) is 5.82 Å². The molecule has 154 valence electrons. The van der Waals surface area contributed by atoms with Gasteiger partial charge in [-0.25, -0.2) is 4.68 Å². The van der Waals surface area contributed by atoms with Gasteiger partial charge in [-0.05, 0) is 38.5 Å². The molecule has 1 spiro atoms. The van der Waals surface area contributed by atoms with Gasteiger partial charge in [-0.3, -0.25) is 9.69 Å². The first kappa shape index (κ1) is 18.6. The van der Waals surface area contributed by atoms with E-state index in [0.29, 0.717) is 17.9 Å². The van der Waals surface area contributed by atoms with E-state index < -0.39 is 0 Å². The number of carbonyl (C=O) groups excluding carboxylic acids is 1. The summed E-state index contributed by atoms with van der Waals surface area (Å²) in [5.41, 5.74) is 0.114. The maximum Gasteiger partial charge on any atom is 0.232 e. The lowest BCUT2D eigenvalue weighted by Crippen LogP contribution is -2.62. The van der Waals surface area contributed by atoms with Crippen LogP contribution in [0.4, 0.5) is 5.95 Å². The van der Waals surface area contributed by atoms with Crippen LogP contribution in [0.5, 0.6) is 0 Å². The van der Waals surface area contributed by atoms with Gasteiger partial charge in [0, 0.05) is 24.3 Å². The molecule has 0 aromatic carbocycles. The van der Waals surface area contributed by atoms with E-state index in [1.165, 1.54) is 70.6 Å². The number of hydrogen-bond acceptors (Lipinski definition) is 3. The highest BCUT2D eigenvalue weighted by Crippen LogP contribution is 2.53. The largest absolute Gasteiger partial charge is 0.277 e. The lowest BCUT2D eigenvalue weighted by Gasteiger charge is -2.55. The molecule has 5 rings (SSSR count). The average Bonchev–Trinajstić information content (AvgIpc) is 3.20. The molecule has 1 aromatic rings. The molecular formula is C23H36N4O. The number of hydrogen-bond donors (Lipinski definition) is 0. The van der Waals surface area contributed by atoms with E-state index in [0.717, 1.165) is 37.5 Å². The van der Waals surface area contributed by atoms with Gasteiger partial charge in [-0.2, -0.15) is 10.1 Å². The van der Waals surface area contributed by atoms with Crippen molar-refractivity contribution in [1.29, 1.82) is 0 Å². The smallest absolute Gasteiger partial charge is 0.232 e. The number of carbonyl (C=O) groups is 1. The summed E-state index contributed by atoms with van der Waals surface area (Å²) >= 11 is 0. The van der Waals surface area contributed by atoms with Gasteiger partial charge < -0.3 is 0 Å². The molecule has 0 unspecified atom stereocenters. The second-order valence-corrected chi connectivity index (χ2v) is 9.76. The predicted octanol–water partition coefficient (Wildman–Crippen LogP) is 4.99. The fourth-order valence-corrected chi connectivity index (χ4v) is 6.86. The summed E-state index contributed by atoms with van der Waals surface area (Å²) in [7, 11) is 0. The summed E-state index contributed by atoms with van der Waals surface area (Å²) in [6, 6.07) is 0.350. The van der Waals surface area contributed by atoms with Crippen LogP contribution in [0.3, 0.4) is 0 Å². The maximum atomic E-state index is 13.8. The Balaban J connectivity index is 1.61. The molecule has 5 heteroatoms. The molecule has 3 aliphatic carbocycles. The van der Waals surface area contributed by atoms with E-state index >= 15 is 0 Å². The first-order chi connectivity index (χ1) is 13.7. The van der Waals surface area contributed by atoms with Gasteiger partial charge in [0.2, 0.25) is 11.9 Å². The summed E-state index contributed by atoms with van der Waals surface area (Å²) in [6.07, 6.45) is 18.0. The Kier molecular flexibility index (Phi) is 4.96. The van der Waals surface area contributed by atoms with Crippen LogP contribution in [0, 0.1) is 11.8 Å². The Labute approximate surface area is 169 Å². The minimum atomic E-state index is 0.114. The number of aromatic nitrogens is 3.